The number of aliphatic hydroxyl groups is 1. The summed E-state index contributed by atoms with van der Waals surface area (Å²) in [5, 5.41) is 12.5. The van der Waals surface area contributed by atoms with Gasteiger partial charge in [0, 0.05) is 0 Å². The Morgan fingerprint density at radius 2 is 1.85 bits per heavy atom. The van der Waals surface area contributed by atoms with Gasteiger partial charge in [-0.1, -0.05) is 46.8 Å². The maximum Gasteiger partial charge on any atom is 0.262 e. The fourth-order valence-electron chi connectivity index (χ4n) is 3.23. The van der Waals surface area contributed by atoms with E-state index in [-0.39, 0.29) is 42.9 Å². The lowest BCUT2D eigenvalue weighted by atomic mass is 9.87. The molecule has 0 aliphatic rings. The molecule has 2 rings (SSSR count). The van der Waals surface area contributed by atoms with Crippen LogP contribution in [0.1, 0.15) is 53.5 Å². The lowest BCUT2D eigenvalue weighted by Crippen LogP contribution is -3.00. The van der Waals surface area contributed by atoms with Crippen molar-refractivity contribution in [3.63, 3.8) is 0 Å². The van der Waals surface area contributed by atoms with Crippen molar-refractivity contribution < 1.29 is 26.9 Å². The second-order valence-electron chi connectivity index (χ2n) is 7.78. The van der Waals surface area contributed by atoms with Crippen LogP contribution < -0.4 is 22.3 Å². The number of hydrogen-bond acceptors (Lipinski definition) is 2. The second kappa shape index (κ2) is 9.38. The van der Waals surface area contributed by atoms with Crippen LogP contribution in [0.4, 0.5) is 0 Å². The van der Waals surface area contributed by atoms with E-state index in [0.717, 1.165) is 23.9 Å². The molecule has 0 fully saturated rings. The highest BCUT2D eigenvalue weighted by Gasteiger charge is 2.27. The third kappa shape index (κ3) is 4.98. The van der Waals surface area contributed by atoms with Crippen molar-refractivity contribution in [1.82, 2.24) is 9.88 Å². The summed E-state index contributed by atoms with van der Waals surface area (Å²) in [5.74, 6) is -0.0774. The molecule has 1 aromatic heterocycles. The molecular weight excluding hydrogens is 350 g/mol. The van der Waals surface area contributed by atoms with E-state index < -0.39 is 0 Å². The van der Waals surface area contributed by atoms with Crippen LogP contribution in [-0.2, 0) is 11.3 Å². The molecule has 0 radical (unpaired) electrons. The highest BCUT2D eigenvalue weighted by Crippen LogP contribution is 2.21. The Balaban J connectivity index is 0.00000338. The number of rotatable bonds is 7. The number of imidazole rings is 1. The zero-order chi connectivity index (χ0) is 18.6. The number of carbonyl (C=O) groups is 1. The molecule has 146 valence electrons. The monoisotopic (exact) mass is 381 g/mol. The molecule has 2 aromatic rings. The molecule has 1 heterocycles. The van der Waals surface area contributed by atoms with Crippen molar-refractivity contribution in [3.8, 4) is 0 Å². The number of amides is 1. The van der Waals surface area contributed by atoms with Gasteiger partial charge < -0.3 is 22.8 Å². The molecule has 0 bridgehead atoms. The predicted octanol–water partition coefficient (Wildman–Crippen LogP) is -0.183. The smallest absolute Gasteiger partial charge is 0.262 e. The zero-order valence-electron chi connectivity index (χ0n) is 16.5. The van der Waals surface area contributed by atoms with Crippen LogP contribution in [0.5, 0.6) is 0 Å². The maximum atomic E-state index is 12.5. The molecule has 1 amide bonds. The highest BCUT2D eigenvalue weighted by molar-refractivity contribution is 5.76. The Kier molecular flexibility index (Phi) is 8.10. The lowest BCUT2D eigenvalue weighted by molar-refractivity contribution is -0.659. The number of nitrogens with zero attached hydrogens (tertiary/aromatic N) is 2. The largest absolute Gasteiger partial charge is 1.00 e. The summed E-state index contributed by atoms with van der Waals surface area (Å²) in [4.78, 5) is 12.5. The minimum absolute atomic E-state index is 0. The Bertz CT molecular complexity index is 717. The number of benzene rings is 1. The third-order valence-electron chi connectivity index (χ3n) is 4.95. The second-order valence-corrected chi connectivity index (χ2v) is 7.78. The van der Waals surface area contributed by atoms with Gasteiger partial charge in [0.1, 0.15) is 6.04 Å². The molecule has 5 nitrogen and oxygen atoms in total. The van der Waals surface area contributed by atoms with Crippen LogP contribution >= 0.6 is 0 Å². The number of carbonyl (C=O) groups excluding carboxylic acids is 1. The van der Waals surface area contributed by atoms with Crippen LogP contribution in [0.3, 0.4) is 0 Å². The van der Waals surface area contributed by atoms with Crippen LogP contribution in [0, 0.1) is 5.41 Å². The number of aliphatic hydroxyl groups excluding tert-OH is 1. The minimum Gasteiger partial charge on any atom is -1.00 e. The first-order chi connectivity index (χ1) is 11.8. The van der Waals surface area contributed by atoms with E-state index in [0.29, 0.717) is 6.04 Å². The SMILES string of the molecule is CCC(CC)n1c[n+](CC(=O)N[C@H](CO)C(C)(C)C)c2ccccc21.[Cl-]. The Morgan fingerprint density at radius 3 is 2.38 bits per heavy atom. The normalized spacial score (nSPS) is 12.9. The van der Waals surface area contributed by atoms with Gasteiger partial charge in [0.15, 0.2) is 17.6 Å². The zero-order valence-corrected chi connectivity index (χ0v) is 17.3. The van der Waals surface area contributed by atoms with E-state index >= 15 is 0 Å². The number of fused-ring (bicyclic) bond motifs is 1. The van der Waals surface area contributed by atoms with Gasteiger partial charge in [-0.05, 0) is 30.4 Å². The molecule has 0 unspecified atom stereocenters. The summed E-state index contributed by atoms with van der Waals surface area (Å²) < 4.78 is 4.27. The predicted molar refractivity (Wildman–Crippen MR) is 100 cm³/mol. The average molecular weight is 382 g/mol. The first-order valence-corrected chi connectivity index (χ1v) is 9.21. The van der Waals surface area contributed by atoms with E-state index in [2.05, 4.69) is 35.9 Å². The molecule has 1 aromatic carbocycles. The molecule has 2 N–H and O–H groups in total. The molecule has 0 aliphatic heterocycles. The molecule has 0 spiro atoms. The minimum atomic E-state index is -0.256. The number of para-hydroxylation sites is 2. The molecule has 6 heteroatoms. The summed E-state index contributed by atoms with van der Waals surface area (Å²) in [7, 11) is 0. The van der Waals surface area contributed by atoms with Crippen molar-refractivity contribution >= 4 is 16.9 Å². The van der Waals surface area contributed by atoms with Crippen molar-refractivity contribution in [2.75, 3.05) is 6.61 Å². The maximum absolute atomic E-state index is 12.5. The van der Waals surface area contributed by atoms with E-state index in [1.165, 1.54) is 0 Å². The average Bonchev–Trinajstić information content (AvgIpc) is 2.92. The van der Waals surface area contributed by atoms with Crippen molar-refractivity contribution in [3.05, 3.63) is 30.6 Å². The molecular formula is C20H32ClN3O2. The van der Waals surface area contributed by atoms with Crippen LogP contribution in [0.15, 0.2) is 30.6 Å². The fraction of sp³-hybridized carbons (Fsp3) is 0.600. The van der Waals surface area contributed by atoms with Gasteiger partial charge >= 0.3 is 0 Å². The van der Waals surface area contributed by atoms with Gasteiger partial charge in [0.05, 0.1) is 12.6 Å². The van der Waals surface area contributed by atoms with Crippen LogP contribution in [0.25, 0.3) is 11.0 Å². The lowest BCUT2D eigenvalue weighted by Gasteiger charge is -2.29. The Morgan fingerprint density at radius 1 is 1.23 bits per heavy atom. The van der Waals surface area contributed by atoms with Gasteiger partial charge in [0.25, 0.3) is 5.91 Å². The quantitative estimate of drug-likeness (QED) is 0.653. The summed E-state index contributed by atoms with van der Waals surface area (Å²) in [5.41, 5.74) is 2.03. The molecule has 0 aliphatic carbocycles. The third-order valence-corrected chi connectivity index (χ3v) is 4.95. The number of nitrogens with one attached hydrogen (secondary N) is 1. The van der Waals surface area contributed by atoms with Gasteiger partial charge in [0.2, 0.25) is 6.33 Å². The van der Waals surface area contributed by atoms with E-state index in [1.807, 2.05) is 43.8 Å². The van der Waals surface area contributed by atoms with Crippen molar-refractivity contribution in [2.24, 2.45) is 5.41 Å². The first kappa shape index (κ1) is 22.5. The summed E-state index contributed by atoms with van der Waals surface area (Å²) in [6, 6.07) is 8.36. The Labute approximate surface area is 162 Å². The van der Waals surface area contributed by atoms with Crippen LogP contribution in [0.2, 0.25) is 0 Å². The summed E-state index contributed by atoms with van der Waals surface area (Å²) in [6.45, 7) is 10.6. The standard InChI is InChI=1S/C20H31N3O2.ClH/c1-6-15(7-2)23-14-22(16-10-8-9-11-17(16)23)12-19(25)21-18(13-24)20(3,4)5;/h8-11,14-15,18,24H,6-7,12-13H2,1-5H3;1H/t18-;/m1./s1. The molecule has 26 heavy (non-hydrogen) atoms. The number of aromatic nitrogens is 2. The molecule has 0 saturated heterocycles. The summed E-state index contributed by atoms with van der Waals surface area (Å²) in [6.07, 6.45) is 4.16. The van der Waals surface area contributed by atoms with E-state index in [4.69, 9.17) is 0 Å². The molecule has 1 atom stereocenters. The van der Waals surface area contributed by atoms with E-state index in [9.17, 15) is 9.90 Å². The van der Waals surface area contributed by atoms with Gasteiger partial charge in [-0.3, -0.25) is 4.79 Å². The van der Waals surface area contributed by atoms with Crippen molar-refractivity contribution in [2.45, 2.75) is 66.1 Å². The number of hydrogen-bond donors (Lipinski definition) is 2. The van der Waals surface area contributed by atoms with Gasteiger partial charge in [-0.15, -0.1) is 0 Å². The highest BCUT2D eigenvalue weighted by atomic mass is 35.5. The fourth-order valence-corrected chi connectivity index (χ4v) is 3.23. The van der Waals surface area contributed by atoms with Crippen LogP contribution in [-0.4, -0.2) is 28.2 Å². The summed E-state index contributed by atoms with van der Waals surface area (Å²) >= 11 is 0. The molecule has 0 saturated carbocycles. The Hall–Kier alpha value is -1.59. The van der Waals surface area contributed by atoms with Gasteiger partial charge in [-0.25, -0.2) is 9.13 Å². The van der Waals surface area contributed by atoms with Gasteiger partial charge in [-0.2, -0.15) is 0 Å². The van der Waals surface area contributed by atoms with Crippen molar-refractivity contribution in [1.29, 1.82) is 0 Å². The number of halogens is 1. The van der Waals surface area contributed by atoms with E-state index in [1.54, 1.807) is 0 Å². The first-order valence-electron chi connectivity index (χ1n) is 9.21. The topological polar surface area (TPSA) is 58.1 Å².